The molecule has 6 heteroatoms. The third-order valence-electron chi connectivity index (χ3n) is 3.83. The van der Waals surface area contributed by atoms with Gasteiger partial charge in [0.25, 0.3) is 5.91 Å². The smallest absolute Gasteiger partial charge is 0.255 e. The molecule has 21 heavy (non-hydrogen) atoms. The number of aromatic amines is 1. The number of carbonyl (C=O) groups is 1. The van der Waals surface area contributed by atoms with E-state index in [2.05, 4.69) is 15.2 Å². The van der Waals surface area contributed by atoms with Crippen molar-refractivity contribution in [2.75, 3.05) is 25.5 Å². The van der Waals surface area contributed by atoms with Crippen LogP contribution in [0.5, 0.6) is 0 Å². The minimum absolute atomic E-state index is 0.0242. The third-order valence-corrected chi connectivity index (χ3v) is 3.83. The third kappa shape index (κ3) is 2.61. The topological polar surface area (TPSA) is 65.1 Å². The number of likely N-dealkylation sites (tertiary alicyclic amines) is 1. The van der Waals surface area contributed by atoms with Crippen molar-refractivity contribution in [3.8, 4) is 0 Å². The molecule has 0 spiro atoms. The lowest BCUT2D eigenvalue weighted by molar-refractivity contribution is 0.0732. The molecular formula is C15H19N5O. The number of aromatic nitrogens is 3. The van der Waals surface area contributed by atoms with Crippen LogP contribution in [0.4, 0.5) is 5.82 Å². The highest BCUT2D eigenvalue weighted by Gasteiger charge is 2.31. The van der Waals surface area contributed by atoms with Gasteiger partial charge in [-0.05, 0) is 31.0 Å². The maximum atomic E-state index is 12.5. The number of rotatable bonds is 3. The molecule has 2 aromatic heterocycles. The molecule has 1 saturated heterocycles. The van der Waals surface area contributed by atoms with E-state index in [1.807, 2.05) is 36.0 Å². The minimum Gasteiger partial charge on any atom is -0.367 e. The molecule has 3 rings (SSSR count). The van der Waals surface area contributed by atoms with Crippen LogP contribution in [0.25, 0.3) is 0 Å². The first-order valence-corrected chi connectivity index (χ1v) is 7.11. The molecule has 6 nitrogen and oxygen atoms in total. The van der Waals surface area contributed by atoms with E-state index in [0.29, 0.717) is 5.56 Å². The van der Waals surface area contributed by atoms with Gasteiger partial charge in [-0.1, -0.05) is 0 Å². The SMILES string of the molecule is CN(C)c1ccc(C2CCCN2C(=O)c2cc[nH]c2)nn1. The van der Waals surface area contributed by atoms with Crippen LogP contribution in [-0.4, -0.2) is 46.6 Å². The first-order valence-electron chi connectivity index (χ1n) is 7.11. The highest BCUT2D eigenvalue weighted by molar-refractivity contribution is 5.94. The van der Waals surface area contributed by atoms with Gasteiger partial charge in [-0.3, -0.25) is 4.79 Å². The Morgan fingerprint density at radius 1 is 1.33 bits per heavy atom. The average Bonchev–Trinajstić information content (AvgIpc) is 3.18. The van der Waals surface area contributed by atoms with Crippen molar-refractivity contribution in [2.24, 2.45) is 0 Å². The van der Waals surface area contributed by atoms with Gasteiger partial charge >= 0.3 is 0 Å². The summed E-state index contributed by atoms with van der Waals surface area (Å²) in [6.45, 7) is 0.770. The Labute approximate surface area is 123 Å². The standard InChI is InChI=1S/C15H19N5O/c1-19(2)14-6-5-12(17-18-14)13-4-3-9-20(13)15(21)11-7-8-16-10-11/h5-8,10,13,16H,3-4,9H2,1-2H3. The van der Waals surface area contributed by atoms with Gasteiger partial charge in [0.2, 0.25) is 0 Å². The Morgan fingerprint density at radius 2 is 2.19 bits per heavy atom. The summed E-state index contributed by atoms with van der Waals surface area (Å²) in [6, 6.07) is 5.74. The number of hydrogen-bond donors (Lipinski definition) is 1. The summed E-state index contributed by atoms with van der Waals surface area (Å²) >= 11 is 0. The van der Waals surface area contributed by atoms with Crippen LogP contribution in [0.2, 0.25) is 0 Å². The molecule has 2 aromatic rings. The van der Waals surface area contributed by atoms with Gasteiger partial charge in [0.1, 0.15) is 0 Å². The Balaban J connectivity index is 1.82. The van der Waals surface area contributed by atoms with E-state index in [9.17, 15) is 4.79 Å². The zero-order valence-corrected chi connectivity index (χ0v) is 12.3. The van der Waals surface area contributed by atoms with E-state index in [1.165, 1.54) is 0 Å². The summed E-state index contributed by atoms with van der Waals surface area (Å²) in [5.74, 6) is 0.873. The number of hydrogen-bond acceptors (Lipinski definition) is 4. The summed E-state index contributed by atoms with van der Waals surface area (Å²) in [5, 5.41) is 8.51. The molecule has 1 fully saturated rings. The molecule has 3 heterocycles. The van der Waals surface area contributed by atoms with Crippen molar-refractivity contribution < 1.29 is 4.79 Å². The van der Waals surface area contributed by atoms with Crippen LogP contribution < -0.4 is 4.90 Å². The van der Waals surface area contributed by atoms with Gasteiger partial charge in [-0.2, -0.15) is 5.10 Å². The van der Waals surface area contributed by atoms with Gasteiger partial charge in [-0.15, -0.1) is 5.10 Å². The van der Waals surface area contributed by atoms with Gasteiger partial charge < -0.3 is 14.8 Å². The number of amides is 1. The van der Waals surface area contributed by atoms with Crippen LogP contribution >= 0.6 is 0 Å². The molecule has 0 aliphatic carbocycles. The second-order valence-electron chi connectivity index (χ2n) is 5.47. The summed E-state index contributed by atoms with van der Waals surface area (Å²) in [4.78, 5) is 19.2. The molecule has 0 radical (unpaired) electrons. The fraction of sp³-hybridized carbons (Fsp3) is 0.400. The van der Waals surface area contributed by atoms with Crippen molar-refractivity contribution in [3.63, 3.8) is 0 Å². The number of carbonyl (C=O) groups excluding carboxylic acids is 1. The Morgan fingerprint density at radius 3 is 2.81 bits per heavy atom. The summed E-state index contributed by atoms with van der Waals surface area (Å²) in [6.07, 6.45) is 5.44. The zero-order chi connectivity index (χ0) is 14.8. The van der Waals surface area contributed by atoms with Gasteiger partial charge in [0, 0.05) is 33.0 Å². The Hall–Kier alpha value is -2.37. The van der Waals surface area contributed by atoms with Crippen molar-refractivity contribution in [2.45, 2.75) is 18.9 Å². The summed E-state index contributed by atoms with van der Waals surface area (Å²) in [5.41, 5.74) is 1.56. The van der Waals surface area contributed by atoms with Crippen LogP contribution in [0.1, 0.15) is 34.9 Å². The maximum Gasteiger partial charge on any atom is 0.255 e. The number of anilines is 1. The first-order chi connectivity index (χ1) is 10.2. The van der Waals surface area contributed by atoms with Crippen molar-refractivity contribution in [1.82, 2.24) is 20.1 Å². The lowest BCUT2D eigenvalue weighted by Crippen LogP contribution is -2.31. The molecular weight excluding hydrogens is 266 g/mol. The molecule has 110 valence electrons. The quantitative estimate of drug-likeness (QED) is 0.934. The zero-order valence-electron chi connectivity index (χ0n) is 12.3. The predicted molar refractivity (Wildman–Crippen MR) is 80.2 cm³/mol. The lowest BCUT2D eigenvalue weighted by Gasteiger charge is -2.24. The predicted octanol–water partition coefficient (Wildman–Crippen LogP) is 1.85. The molecule has 1 amide bonds. The molecule has 0 bridgehead atoms. The number of nitrogens with one attached hydrogen (secondary N) is 1. The molecule has 1 unspecified atom stereocenters. The fourth-order valence-corrected chi connectivity index (χ4v) is 2.69. The molecule has 1 aliphatic heterocycles. The van der Waals surface area contributed by atoms with E-state index in [0.717, 1.165) is 30.9 Å². The number of H-pyrrole nitrogens is 1. The lowest BCUT2D eigenvalue weighted by atomic mass is 10.1. The molecule has 1 atom stereocenters. The van der Waals surface area contributed by atoms with E-state index >= 15 is 0 Å². The van der Waals surface area contributed by atoms with Crippen LogP contribution in [0.15, 0.2) is 30.6 Å². The monoisotopic (exact) mass is 285 g/mol. The highest BCUT2D eigenvalue weighted by Crippen LogP contribution is 2.32. The Kier molecular flexibility index (Phi) is 3.60. The molecule has 1 aliphatic rings. The van der Waals surface area contributed by atoms with Gasteiger partial charge in [-0.25, -0.2) is 0 Å². The molecule has 0 saturated carbocycles. The molecule has 0 aromatic carbocycles. The van der Waals surface area contributed by atoms with Crippen molar-refractivity contribution in [1.29, 1.82) is 0 Å². The van der Waals surface area contributed by atoms with Crippen molar-refractivity contribution in [3.05, 3.63) is 41.9 Å². The van der Waals surface area contributed by atoms with E-state index in [-0.39, 0.29) is 11.9 Å². The largest absolute Gasteiger partial charge is 0.367 e. The first kappa shape index (κ1) is 13.6. The summed E-state index contributed by atoms with van der Waals surface area (Å²) < 4.78 is 0. The van der Waals surface area contributed by atoms with Crippen molar-refractivity contribution >= 4 is 11.7 Å². The second-order valence-corrected chi connectivity index (χ2v) is 5.47. The van der Waals surface area contributed by atoms with Gasteiger partial charge in [0.15, 0.2) is 5.82 Å². The minimum atomic E-state index is 0.0242. The van der Waals surface area contributed by atoms with Crippen LogP contribution in [0.3, 0.4) is 0 Å². The van der Waals surface area contributed by atoms with E-state index in [4.69, 9.17) is 0 Å². The Bertz CT molecular complexity index is 606. The van der Waals surface area contributed by atoms with Crippen LogP contribution in [-0.2, 0) is 0 Å². The van der Waals surface area contributed by atoms with Gasteiger partial charge in [0.05, 0.1) is 17.3 Å². The highest BCUT2D eigenvalue weighted by atomic mass is 16.2. The normalized spacial score (nSPS) is 18.0. The second kappa shape index (κ2) is 5.55. The van der Waals surface area contributed by atoms with Crippen LogP contribution in [0, 0.1) is 0 Å². The van der Waals surface area contributed by atoms with E-state index in [1.54, 1.807) is 18.5 Å². The van der Waals surface area contributed by atoms with E-state index < -0.39 is 0 Å². The fourth-order valence-electron chi connectivity index (χ4n) is 2.69. The average molecular weight is 285 g/mol. The summed E-state index contributed by atoms with van der Waals surface area (Å²) in [7, 11) is 3.86. The molecule has 1 N–H and O–H groups in total. The maximum absolute atomic E-state index is 12.5. The number of nitrogens with zero attached hydrogens (tertiary/aromatic N) is 4.